The highest BCUT2D eigenvalue weighted by molar-refractivity contribution is 7.91. The van der Waals surface area contributed by atoms with Crippen LogP contribution in [0.15, 0.2) is 70.2 Å². The minimum atomic E-state index is -3.95. The van der Waals surface area contributed by atoms with Crippen LogP contribution in [-0.2, 0) is 19.4 Å². The monoisotopic (exact) mass is 476 g/mol. The average Bonchev–Trinajstić information content (AvgIpc) is 3.11. The van der Waals surface area contributed by atoms with Gasteiger partial charge in [0.1, 0.15) is 14.9 Å². The first-order valence-electron chi connectivity index (χ1n) is 9.42. The van der Waals surface area contributed by atoms with Crippen molar-refractivity contribution in [3.05, 3.63) is 75.2 Å². The summed E-state index contributed by atoms with van der Waals surface area (Å²) < 4.78 is 31.3. The zero-order valence-corrected chi connectivity index (χ0v) is 19.6. The Morgan fingerprint density at radius 3 is 2.39 bits per heavy atom. The van der Waals surface area contributed by atoms with Crippen molar-refractivity contribution < 1.29 is 17.9 Å². The second-order valence-corrected chi connectivity index (χ2v) is 10.1. The maximum atomic E-state index is 13.1. The van der Waals surface area contributed by atoms with Crippen LogP contribution >= 0.6 is 22.9 Å². The molecule has 0 fully saturated rings. The van der Waals surface area contributed by atoms with Gasteiger partial charge in [0.2, 0.25) is 9.84 Å². The number of anilines is 1. The van der Waals surface area contributed by atoms with Crippen LogP contribution in [0.5, 0.6) is 0 Å². The van der Waals surface area contributed by atoms with Crippen LogP contribution in [0.3, 0.4) is 0 Å². The predicted molar refractivity (Wildman–Crippen MR) is 123 cm³/mol. The normalized spacial score (nSPS) is 12.3. The first-order chi connectivity index (χ1) is 14.7. The van der Waals surface area contributed by atoms with Gasteiger partial charge in [-0.05, 0) is 45.0 Å². The molecule has 0 spiro atoms. The molecule has 0 aliphatic carbocycles. The van der Waals surface area contributed by atoms with E-state index in [0.29, 0.717) is 5.70 Å². The van der Waals surface area contributed by atoms with Crippen LogP contribution in [0.2, 0.25) is 4.34 Å². The fraction of sp³-hybridized carbons (Fsp3) is 0.182. The second kappa shape index (κ2) is 9.64. The molecule has 6 nitrogen and oxygen atoms in total. The van der Waals surface area contributed by atoms with E-state index in [1.165, 1.54) is 12.1 Å². The molecule has 0 amide bonds. The molecular formula is C22H21ClN2O4S2. The van der Waals surface area contributed by atoms with E-state index in [2.05, 4.69) is 10.3 Å². The van der Waals surface area contributed by atoms with Crippen molar-refractivity contribution in [3.63, 3.8) is 0 Å². The number of nitrogens with one attached hydrogen (secondary N) is 1. The lowest BCUT2D eigenvalue weighted by atomic mass is 10.2. The number of thiazole rings is 1. The Hall–Kier alpha value is -2.68. The Bertz CT molecular complexity index is 1220. The zero-order chi connectivity index (χ0) is 22.6. The lowest BCUT2D eigenvalue weighted by molar-refractivity contribution is -0.136. The number of rotatable bonds is 7. The molecule has 0 atom stereocenters. The highest BCUT2D eigenvalue weighted by Gasteiger charge is 2.29. The highest BCUT2D eigenvalue weighted by atomic mass is 35.5. The molecule has 0 bridgehead atoms. The quantitative estimate of drug-likeness (QED) is 0.365. The Labute approximate surface area is 190 Å². The zero-order valence-electron chi connectivity index (χ0n) is 17.2. The number of para-hydroxylation sites is 1. The maximum Gasteiger partial charge on any atom is 0.342 e. The lowest BCUT2D eigenvalue weighted by Crippen LogP contribution is -2.12. The highest BCUT2D eigenvalue weighted by Crippen LogP contribution is 2.36. The summed E-state index contributed by atoms with van der Waals surface area (Å²) in [6.45, 7) is 5.41. The van der Waals surface area contributed by atoms with Gasteiger partial charge < -0.3 is 10.1 Å². The fourth-order valence-electron chi connectivity index (χ4n) is 2.79. The summed E-state index contributed by atoms with van der Waals surface area (Å²) in [6, 6.07) is 15.7. The molecule has 1 N–H and O–H groups in total. The van der Waals surface area contributed by atoms with Crippen LogP contribution in [0.25, 0.3) is 5.57 Å². The van der Waals surface area contributed by atoms with Crippen LogP contribution in [0, 0.1) is 6.92 Å². The van der Waals surface area contributed by atoms with Crippen molar-refractivity contribution in [2.75, 3.05) is 11.9 Å². The minimum absolute atomic E-state index is 0.0233. The SMILES string of the molecule is CCOC(=O)/C(=C(/C)Nc1ccccc1)c1nc(S(=O)(=O)c2ccc(C)cc2)c(Cl)s1. The third-order valence-electron chi connectivity index (χ3n) is 4.32. The van der Waals surface area contributed by atoms with Crippen molar-refractivity contribution in [1.29, 1.82) is 0 Å². The molecule has 0 aliphatic rings. The van der Waals surface area contributed by atoms with Gasteiger partial charge in [-0.1, -0.05) is 47.5 Å². The van der Waals surface area contributed by atoms with Gasteiger partial charge in [-0.2, -0.15) is 0 Å². The van der Waals surface area contributed by atoms with E-state index in [9.17, 15) is 13.2 Å². The minimum Gasteiger partial charge on any atom is -0.462 e. The number of aromatic nitrogens is 1. The molecule has 3 rings (SSSR count). The van der Waals surface area contributed by atoms with Gasteiger partial charge in [-0.15, -0.1) is 11.3 Å². The number of hydrogen-bond acceptors (Lipinski definition) is 7. The molecule has 0 aliphatic heterocycles. The van der Waals surface area contributed by atoms with Crippen LogP contribution in [0.1, 0.15) is 24.4 Å². The van der Waals surface area contributed by atoms with Gasteiger partial charge in [0.25, 0.3) is 0 Å². The summed E-state index contributed by atoms with van der Waals surface area (Å²) in [7, 11) is -3.95. The van der Waals surface area contributed by atoms with Crippen molar-refractivity contribution in [3.8, 4) is 0 Å². The maximum absolute atomic E-state index is 13.1. The number of nitrogens with zero attached hydrogens (tertiary/aromatic N) is 1. The molecule has 3 aromatic rings. The van der Waals surface area contributed by atoms with E-state index in [0.717, 1.165) is 22.6 Å². The molecule has 1 heterocycles. The van der Waals surface area contributed by atoms with Gasteiger partial charge in [-0.25, -0.2) is 18.2 Å². The van der Waals surface area contributed by atoms with Gasteiger partial charge in [0.05, 0.1) is 11.5 Å². The van der Waals surface area contributed by atoms with Crippen molar-refractivity contribution in [2.45, 2.75) is 30.7 Å². The van der Waals surface area contributed by atoms with E-state index in [4.69, 9.17) is 16.3 Å². The summed E-state index contributed by atoms with van der Waals surface area (Å²) in [5, 5.41) is 3.02. The lowest BCUT2D eigenvalue weighted by Gasteiger charge is -2.12. The van der Waals surface area contributed by atoms with Gasteiger partial charge in [-0.3, -0.25) is 0 Å². The van der Waals surface area contributed by atoms with Crippen LogP contribution in [0.4, 0.5) is 5.69 Å². The molecule has 0 saturated carbocycles. The largest absolute Gasteiger partial charge is 0.462 e. The van der Waals surface area contributed by atoms with Crippen molar-refractivity contribution in [1.82, 2.24) is 4.98 Å². The van der Waals surface area contributed by atoms with Gasteiger partial charge >= 0.3 is 5.97 Å². The number of ether oxygens (including phenoxy) is 1. The Morgan fingerprint density at radius 1 is 1.13 bits per heavy atom. The van der Waals surface area contributed by atoms with Crippen LogP contribution in [-0.4, -0.2) is 26.0 Å². The molecule has 9 heteroatoms. The Morgan fingerprint density at radius 2 is 1.77 bits per heavy atom. The number of esters is 1. The molecule has 0 radical (unpaired) electrons. The number of benzene rings is 2. The first kappa shape index (κ1) is 23.0. The summed E-state index contributed by atoms with van der Waals surface area (Å²) in [5.74, 6) is -0.617. The summed E-state index contributed by atoms with van der Waals surface area (Å²) >= 11 is 7.20. The molecule has 0 saturated heterocycles. The van der Waals surface area contributed by atoms with Crippen molar-refractivity contribution >= 4 is 50.0 Å². The standard InChI is InChI=1S/C22H21ClN2O4S2/c1-4-29-22(26)18(15(3)24-16-8-6-5-7-9-16)20-25-21(19(23)30-20)31(27,28)17-12-10-14(2)11-13-17/h5-13,24H,4H2,1-3H3/b18-15-. The topological polar surface area (TPSA) is 85.4 Å². The van der Waals surface area contributed by atoms with E-state index in [1.54, 1.807) is 26.0 Å². The third kappa shape index (κ3) is 5.15. The first-order valence-corrected chi connectivity index (χ1v) is 12.1. The summed E-state index contributed by atoms with van der Waals surface area (Å²) in [5.41, 5.74) is 2.29. The van der Waals surface area contributed by atoms with E-state index in [-0.39, 0.29) is 31.4 Å². The average molecular weight is 477 g/mol. The third-order valence-corrected chi connectivity index (χ3v) is 7.53. The molecule has 1 aromatic heterocycles. The number of carbonyl (C=O) groups is 1. The number of halogens is 1. The summed E-state index contributed by atoms with van der Waals surface area (Å²) in [4.78, 5) is 17.0. The molecular weight excluding hydrogens is 456 g/mol. The van der Waals surface area contributed by atoms with Crippen LogP contribution < -0.4 is 5.32 Å². The smallest absolute Gasteiger partial charge is 0.342 e. The number of sulfone groups is 1. The van der Waals surface area contributed by atoms with E-state index >= 15 is 0 Å². The molecule has 31 heavy (non-hydrogen) atoms. The number of allylic oxidation sites excluding steroid dienone is 1. The van der Waals surface area contributed by atoms with E-state index < -0.39 is 15.8 Å². The summed E-state index contributed by atoms with van der Waals surface area (Å²) in [6.07, 6.45) is 0. The Balaban J connectivity index is 2.08. The number of hydrogen-bond donors (Lipinski definition) is 1. The van der Waals surface area contributed by atoms with E-state index in [1.807, 2.05) is 37.3 Å². The molecule has 2 aromatic carbocycles. The Kier molecular flexibility index (Phi) is 7.15. The van der Waals surface area contributed by atoms with Gasteiger partial charge in [0, 0.05) is 11.4 Å². The number of aryl methyl sites for hydroxylation is 1. The predicted octanol–water partition coefficient (Wildman–Crippen LogP) is 5.34. The van der Waals surface area contributed by atoms with Crippen molar-refractivity contribution in [2.24, 2.45) is 0 Å². The number of carbonyl (C=O) groups excluding carboxylic acids is 1. The molecule has 0 unspecified atom stereocenters. The fourth-order valence-corrected chi connectivity index (χ4v) is 5.79. The second-order valence-electron chi connectivity index (χ2n) is 6.63. The van der Waals surface area contributed by atoms with Gasteiger partial charge in [0.15, 0.2) is 5.03 Å². The molecule has 162 valence electrons.